The van der Waals surface area contributed by atoms with E-state index < -0.39 is 10.0 Å². The SMILES string of the molecule is CCN(CC(C)C)S(=O)(=O)c1ccc(OCCCCl)cc1. The molecule has 0 aliphatic rings. The molecular weight excluding hydrogens is 310 g/mol. The van der Waals surface area contributed by atoms with Gasteiger partial charge < -0.3 is 4.74 Å². The summed E-state index contributed by atoms with van der Waals surface area (Å²) < 4.78 is 32.1. The number of benzene rings is 1. The van der Waals surface area contributed by atoms with Crippen molar-refractivity contribution in [1.29, 1.82) is 0 Å². The van der Waals surface area contributed by atoms with Crippen LogP contribution in [0.15, 0.2) is 29.2 Å². The molecule has 0 heterocycles. The van der Waals surface area contributed by atoms with Crippen LogP contribution in [0.1, 0.15) is 27.2 Å². The van der Waals surface area contributed by atoms with Crippen molar-refractivity contribution in [2.75, 3.05) is 25.6 Å². The van der Waals surface area contributed by atoms with E-state index >= 15 is 0 Å². The van der Waals surface area contributed by atoms with Crippen molar-refractivity contribution in [1.82, 2.24) is 4.31 Å². The molecule has 0 fully saturated rings. The Kier molecular flexibility index (Phi) is 7.49. The first kappa shape index (κ1) is 18.3. The van der Waals surface area contributed by atoms with E-state index in [0.717, 1.165) is 6.42 Å². The summed E-state index contributed by atoms with van der Waals surface area (Å²) in [7, 11) is -3.43. The van der Waals surface area contributed by atoms with Crippen LogP contribution < -0.4 is 4.74 Å². The van der Waals surface area contributed by atoms with E-state index in [1.807, 2.05) is 20.8 Å². The van der Waals surface area contributed by atoms with Crippen LogP contribution in [0.2, 0.25) is 0 Å². The molecule has 0 atom stereocenters. The summed E-state index contributed by atoms with van der Waals surface area (Å²) in [6.45, 7) is 7.38. The average Bonchev–Trinajstić information content (AvgIpc) is 2.45. The Hall–Kier alpha value is -0.780. The van der Waals surface area contributed by atoms with Gasteiger partial charge in [0.2, 0.25) is 10.0 Å². The second-order valence-corrected chi connectivity index (χ2v) is 7.53. The van der Waals surface area contributed by atoms with Crippen molar-refractivity contribution in [2.24, 2.45) is 5.92 Å². The van der Waals surface area contributed by atoms with Gasteiger partial charge in [-0.2, -0.15) is 4.31 Å². The fourth-order valence-corrected chi connectivity index (χ4v) is 3.63. The lowest BCUT2D eigenvalue weighted by Crippen LogP contribution is -2.34. The summed E-state index contributed by atoms with van der Waals surface area (Å²) >= 11 is 5.58. The molecule has 0 bridgehead atoms. The summed E-state index contributed by atoms with van der Waals surface area (Å²) in [5.41, 5.74) is 0. The quantitative estimate of drug-likeness (QED) is 0.514. The molecule has 0 radical (unpaired) electrons. The maximum Gasteiger partial charge on any atom is 0.243 e. The monoisotopic (exact) mass is 333 g/mol. The topological polar surface area (TPSA) is 46.6 Å². The van der Waals surface area contributed by atoms with Crippen LogP contribution in [0.3, 0.4) is 0 Å². The third-order valence-corrected chi connectivity index (χ3v) is 5.15. The minimum absolute atomic E-state index is 0.290. The molecule has 0 N–H and O–H groups in total. The molecule has 21 heavy (non-hydrogen) atoms. The minimum atomic E-state index is -3.43. The van der Waals surface area contributed by atoms with Crippen LogP contribution in [0.25, 0.3) is 0 Å². The number of sulfonamides is 1. The average molecular weight is 334 g/mol. The number of hydrogen-bond acceptors (Lipinski definition) is 3. The zero-order valence-electron chi connectivity index (χ0n) is 12.9. The normalized spacial score (nSPS) is 12.1. The van der Waals surface area contributed by atoms with Crippen LogP contribution in [0.4, 0.5) is 0 Å². The second-order valence-electron chi connectivity index (χ2n) is 5.21. The van der Waals surface area contributed by atoms with Crippen molar-refractivity contribution in [3.05, 3.63) is 24.3 Å². The highest BCUT2D eigenvalue weighted by Gasteiger charge is 2.23. The van der Waals surface area contributed by atoms with Gasteiger partial charge in [0.25, 0.3) is 0 Å². The Bertz CT molecular complexity index is 514. The van der Waals surface area contributed by atoms with Crippen LogP contribution >= 0.6 is 11.6 Å². The van der Waals surface area contributed by atoms with Crippen LogP contribution in [-0.4, -0.2) is 38.3 Å². The van der Waals surface area contributed by atoms with Gasteiger partial charge in [-0.15, -0.1) is 11.6 Å². The summed E-state index contributed by atoms with van der Waals surface area (Å²) in [6.07, 6.45) is 0.763. The van der Waals surface area contributed by atoms with Gasteiger partial charge in [-0.05, 0) is 36.6 Å². The predicted octanol–water partition coefficient (Wildman–Crippen LogP) is 3.36. The second kappa shape index (κ2) is 8.61. The fourth-order valence-electron chi connectivity index (χ4n) is 1.91. The van der Waals surface area contributed by atoms with Crippen molar-refractivity contribution >= 4 is 21.6 Å². The summed E-state index contributed by atoms with van der Waals surface area (Å²) in [6, 6.07) is 6.55. The molecule has 0 saturated carbocycles. The lowest BCUT2D eigenvalue weighted by atomic mass is 10.2. The molecule has 1 aromatic rings. The van der Waals surface area contributed by atoms with Gasteiger partial charge in [-0.1, -0.05) is 20.8 Å². The molecule has 4 nitrogen and oxygen atoms in total. The Labute approximate surface area is 133 Å². The first-order valence-corrected chi connectivity index (χ1v) is 9.18. The van der Waals surface area contributed by atoms with E-state index in [9.17, 15) is 8.42 Å². The van der Waals surface area contributed by atoms with Crippen molar-refractivity contribution in [3.8, 4) is 5.75 Å². The summed E-state index contributed by atoms with van der Waals surface area (Å²) in [5.74, 6) is 1.50. The van der Waals surface area contributed by atoms with Crippen molar-refractivity contribution in [3.63, 3.8) is 0 Å². The van der Waals surface area contributed by atoms with Crippen LogP contribution in [-0.2, 0) is 10.0 Å². The Morgan fingerprint density at radius 2 is 1.86 bits per heavy atom. The van der Waals surface area contributed by atoms with E-state index in [0.29, 0.717) is 36.2 Å². The highest BCUT2D eigenvalue weighted by molar-refractivity contribution is 7.89. The molecule has 1 aromatic carbocycles. The molecular formula is C15H24ClNO3S. The lowest BCUT2D eigenvalue weighted by Gasteiger charge is -2.22. The highest BCUT2D eigenvalue weighted by Crippen LogP contribution is 2.20. The lowest BCUT2D eigenvalue weighted by molar-refractivity contribution is 0.318. The van der Waals surface area contributed by atoms with Gasteiger partial charge >= 0.3 is 0 Å². The first-order valence-electron chi connectivity index (χ1n) is 7.20. The molecule has 0 saturated heterocycles. The predicted molar refractivity (Wildman–Crippen MR) is 86.5 cm³/mol. The molecule has 0 spiro atoms. The maximum atomic E-state index is 12.5. The van der Waals surface area contributed by atoms with E-state index in [-0.39, 0.29) is 5.92 Å². The van der Waals surface area contributed by atoms with Gasteiger partial charge in [0.05, 0.1) is 11.5 Å². The Morgan fingerprint density at radius 1 is 1.24 bits per heavy atom. The molecule has 0 aliphatic heterocycles. The molecule has 0 amide bonds. The number of nitrogens with zero attached hydrogens (tertiary/aromatic N) is 1. The Balaban J connectivity index is 2.83. The van der Waals surface area contributed by atoms with Gasteiger partial charge in [-0.3, -0.25) is 0 Å². The standard InChI is InChI=1S/C15H24ClNO3S/c1-4-17(12-13(2)3)21(18,19)15-8-6-14(7-9-15)20-11-5-10-16/h6-9,13H,4-5,10-12H2,1-3H3. The Morgan fingerprint density at radius 3 is 2.33 bits per heavy atom. The van der Waals surface area contributed by atoms with E-state index in [4.69, 9.17) is 16.3 Å². The molecule has 6 heteroatoms. The number of hydrogen-bond donors (Lipinski definition) is 0. The summed E-state index contributed by atoms with van der Waals surface area (Å²) in [4.78, 5) is 0.301. The minimum Gasteiger partial charge on any atom is -0.494 e. The third-order valence-electron chi connectivity index (χ3n) is 2.93. The molecule has 1 rings (SSSR count). The number of rotatable bonds is 9. The molecule has 0 aliphatic carbocycles. The first-order chi connectivity index (χ1) is 9.91. The third kappa shape index (κ3) is 5.49. The van der Waals surface area contributed by atoms with Crippen molar-refractivity contribution in [2.45, 2.75) is 32.1 Å². The fraction of sp³-hybridized carbons (Fsp3) is 0.600. The van der Waals surface area contributed by atoms with E-state index in [2.05, 4.69) is 0 Å². The van der Waals surface area contributed by atoms with E-state index in [1.54, 1.807) is 24.3 Å². The van der Waals surface area contributed by atoms with Gasteiger partial charge in [0, 0.05) is 19.0 Å². The zero-order chi connectivity index (χ0) is 15.9. The smallest absolute Gasteiger partial charge is 0.243 e. The van der Waals surface area contributed by atoms with E-state index in [1.165, 1.54) is 4.31 Å². The van der Waals surface area contributed by atoms with Gasteiger partial charge in [0.15, 0.2) is 0 Å². The zero-order valence-corrected chi connectivity index (χ0v) is 14.5. The molecule has 0 unspecified atom stereocenters. The molecule has 0 aromatic heterocycles. The van der Waals surface area contributed by atoms with Crippen molar-refractivity contribution < 1.29 is 13.2 Å². The largest absolute Gasteiger partial charge is 0.494 e. The number of alkyl halides is 1. The van der Waals surface area contributed by atoms with Crippen LogP contribution in [0.5, 0.6) is 5.75 Å². The van der Waals surface area contributed by atoms with Gasteiger partial charge in [0.1, 0.15) is 5.75 Å². The summed E-state index contributed by atoms with van der Waals surface area (Å²) in [5, 5.41) is 0. The van der Waals surface area contributed by atoms with Crippen LogP contribution in [0, 0.1) is 5.92 Å². The number of ether oxygens (including phenoxy) is 1. The molecule has 120 valence electrons. The maximum absolute atomic E-state index is 12.5. The number of halogens is 1. The highest BCUT2D eigenvalue weighted by atomic mass is 35.5. The van der Waals surface area contributed by atoms with Gasteiger partial charge in [-0.25, -0.2) is 8.42 Å².